The van der Waals surface area contributed by atoms with Crippen molar-refractivity contribution in [2.75, 3.05) is 0 Å². The van der Waals surface area contributed by atoms with Crippen LogP contribution in [0, 0.1) is 0 Å². The molecule has 4 aliphatic carbocycles. The van der Waals surface area contributed by atoms with E-state index in [2.05, 4.69) is 91.0 Å². The average molecular weight is 383 g/mol. The van der Waals surface area contributed by atoms with Crippen molar-refractivity contribution in [2.45, 2.75) is 60.4 Å². The second-order valence-electron chi connectivity index (χ2n) is 10.2. The molecule has 4 fully saturated rings. The Labute approximate surface area is 172 Å². The van der Waals surface area contributed by atoms with Crippen molar-refractivity contribution in [3.05, 3.63) is 108 Å². The third-order valence-corrected chi connectivity index (χ3v) is 8.15. The Bertz CT molecular complexity index is 881. The number of hydrogen-bond acceptors (Lipinski definition) is 0. The van der Waals surface area contributed by atoms with E-state index in [1.54, 1.807) is 0 Å². The van der Waals surface area contributed by atoms with E-state index < -0.39 is 5.67 Å². The molecule has 3 aromatic rings. The van der Waals surface area contributed by atoms with Crippen molar-refractivity contribution in [3.8, 4) is 0 Å². The van der Waals surface area contributed by atoms with E-state index in [0.29, 0.717) is 19.3 Å². The molecule has 0 nitrogen and oxygen atoms in total. The highest BCUT2D eigenvalue weighted by atomic mass is 19.1. The van der Waals surface area contributed by atoms with E-state index in [9.17, 15) is 0 Å². The molecule has 0 unspecified atom stereocenters. The van der Waals surface area contributed by atoms with Gasteiger partial charge in [-0.25, -0.2) is 4.39 Å². The number of benzene rings is 3. The van der Waals surface area contributed by atoms with Crippen LogP contribution in [-0.4, -0.2) is 5.67 Å². The van der Waals surface area contributed by atoms with Crippen LogP contribution in [-0.2, 0) is 16.2 Å². The van der Waals surface area contributed by atoms with Crippen LogP contribution in [0.2, 0.25) is 0 Å². The summed E-state index contributed by atoms with van der Waals surface area (Å²) in [5.74, 6) is 0. The minimum atomic E-state index is -1.10. The summed E-state index contributed by atoms with van der Waals surface area (Å²) < 4.78 is 16.7. The summed E-state index contributed by atoms with van der Waals surface area (Å²) in [7, 11) is 0. The molecular formula is C28H27F. The Morgan fingerprint density at radius 3 is 0.966 bits per heavy atom. The van der Waals surface area contributed by atoms with Gasteiger partial charge < -0.3 is 0 Å². The monoisotopic (exact) mass is 382 g/mol. The van der Waals surface area contributed by atoms with Gasteiger partial charge >= 0.3 is 0 Å². The first kappa shape index (κ1) is 17.4. The molecule has 7 rings (SSSR count). The molecule has 29 heavy (non-hydrogen) atoms. The van der Waals surface area contributed by atoms with Crippen molar-refractivity contribution in [2.24, 2.45) is 0 Å². The molecular weight excluding hydrogens is 355 g/mol. The Morgan fingerprint density at radius 1 is 0.414 bits per heavy atom. The van der Waals surface area contributed by atoms with Crippen LogP contribution in [0.15, 0.2) is 91.0 Å². The Morgan fingerprint density at radius 2 is 0.690 bits per heavy atom. The van der Waals surface area contributed by atoms with E-state index >= 15 is 4.39 Å². The zero-order valence-electron chi connectivity index (χ0n) is 16.8. The first-order chi connectivity index (χ1) is 14.1. The lowest BCUT2D eigenvalue weighted by molar-refractivity contribution is -0.121. The molecule has 0 N–H and O–H groups in total. The van der Waals surface area contributed by atoms with E-state index in [1.165, 1.54) is 16.7 Å². The fourth-order valence-electron chi connectivity index (χ4n) is 7.81. The van der Waals surface area contributed by atoms with Gasteiger partial charge in [0.15, 0.2) is 0 Å². The van der Waals surface area contributed by atoms with Crippen molar-refractivity contribution in [1.29, 1.82) is 0 Å². The lowest BCUT2D eigenvalue weighted by atomic mass is 9.36. The number of hydrogen-bond donors (Lipinski definition) is 0. The number of halogens is 1. The predicted octanol–water partition coefficient (Wildman–Crippen LogP) is 6.89. The summed E-state index contributed by atoms with van der Waals surface area (Å²) >= 11 is 0. The van der Waals surface area contributed by atoms with Gasteiger partial charge in [0, 0.05) is 16.2 Å². The molecule has 0 aliphatic heterocycles. The van der Waals surface area contributed by atoms with Gasteiger partial charge in [-0.2, -0.15) is 0 Å². The summed E-state index contributed by atoms with van der Waals surface area (Å²) in [5, 5.41) is 0. The van der Waals surface area contributed by atoms with Crippen LogP contribution in [0.1, 0.15) is 55.2 Å². The van der Waals surface area contributed by atoms with Gasteiger partial charge in [-0.3, -0.25) is 0 Å². The van der Waals surface area contributed by atoms with Gasteiger partial charge in [0.1, 0.15) is 5.67 Å². The fraction of sp³-hybridized carbons (Fsp3) is 0.357. The highest BCUT2D eigenvalue weighted by Gasteiger charge is 2.69. The molecule has 0 radical (unpaired) electrons. The lowest BCUT2D eigenvalue weighted by Gasteiger charge is -2.69. The van der Waals surface area contributed by atoms with Gasteiger partial charge in [-0.15, -0.1) is 0 Å². The molecule has 4 aliphatic rings. The molecule has 3 aromatic carbocycles. The molecule has 0 spiro atoms. The Kier molecular flexibility index (Phi) is 3.50. The highest BCUT2D eigenvalue weighted by molar-refractivity contribution is 5.45. The van der Waals surface area contributed by atoms with E-state index in [1.807, 2.05) is 0 Å². The second-order valence-corrected chi connectivity index (χ2v) is 10.2. The SMILES string of the molecule is FC12CC3(c4ccccc4)CC(c4ccccc4)(C1)CC(c1ccccc1)(C2)C3. The van der Waals surface area contributed by atoms with Gasteiger partial charge in [0.25, 0.3) is 0 Å². The smallest absolute Gasteiger partial charge is 0.113 e. The Balaban J connectivity index is 1.60. The van der Waals surface area contributed by atoms with Gasteiger partial charge in [-0.1, -0.05) is 91.0 Å². The molecule has 0 atom stereocenters. The maximum Gasteiger partial charge on any atom is 0.113 e. The zero-order chi connectivity index (χ0) is 19.6. The van der Waals surface area contributed by atoms with Crippen molar-refractivity contribution < 1.29 is 4.39 Å². The van der Waals surface area contributed by atoms with Crippen LogP contribution in [0.5, 0.6) is 0 Å². The number of alkyl halides is 1. The molecule has 4 bridgehead atoms. The predicted molar refractivity (Wildman–Crippen MR) is 116 cm³/mol. The summed E-state index contributed by atoms with van der Waals surface area (Å²) in [6.07, 6.45) is 5.21. The molecule has 0 saturated heterocycles. The molecule has 146 valence electrons. The summed E-state index contributed by atoms with van der Waals surface area (Å²) in [5.41, 5.74) is 2.64. The van der Waals surface area contributed by atoms with Crippen LogP contribution in [0.4, 0.5) is 4.39 Å². The highest BCUT2D eigenvalue weighted by Crippen LogP contribution is 2.72. The standard InChI is InChI=1S/C28H27F/c29-28-19-25(22-10-4-1-5-11-22)16-26(20-28,23-12-6-2-7-13-23)18-27(17-25,21-28)24-14-8-3-9-15-24/h1-15H,16-21H2. The molecule has 0 aromatic heterocycles. The molecule has 0 heterocycles. The summed E-state index contributed by atoms with van der Waals surface area (Å²) in [6.45, 7) is 0. The summed E-state index contributed by atoms with van der Waals surface area (Å²) in [4.78, 5) is 0. The number of rotatable bonds is 3. The molecule has 0 amide bonds. The topological polar surface area (TPSA) is 0 Å². The van der Waals surface area contributed by atoms with Crippen LogP contribution in [0.25, 0.3) is 0 Å². The van der Waals surface area contributed by atoms with Crippen molar-refractivity contribution in [3.63, 3.8) is 0 Å². The largest absolute Gasteiger partial charge is 0.244 e. The Hall–Kier alpha value is -2.41. The van der Waals surface area contributed by atoms with E-state index in [0.717, 1.165) is 19.3 Å². The fourth-order valence-corrected chi connectivity index (χ4v) is 7.81. The first-order valence-electron chi connectivity index (χ1n) is 10.9. The van der Waals surface area contributed by atoms with Gasteiger partial charge in [0.05, 0.1) is 0 Å². The third-order valence-electron chi connectivity index (χ3n) is 8.15. The average Bonchev–Trinajstić information content (AvgIpc) is 2.74. The first-order valence-corrected chi connectivity index (χ1v) is 10.9. The molecule has 1 heteroatoms. The van der Waals surface area contributed by atoms with Gasteiger partial charge in [-0.05, 0) is 55.2 Å². The minimum Gasteiger partial charge on any atom is -0.244 e. The van der Waals surface area contributed by atoms with Crippen molar-refractivity contribution in [1.82, 2.24) is 0 Å². The van der Waals surface area contributed by atoms with E-state index in [4.69, 9.17) is 0 Å². The maximum atomic E-state index is 16.7. The quantitative estimate of drug-likeness (QED) is 0.463. The van der Waals surface area contributed by atoms with Gasteiger partial charge in [0.2, 0.25) is 0 Å². The minimum absolute atomic E-state index is 0.0869. The third kappa shape index (κ3) is 2.49. The normalized spacial score (nSPS) is 37.6. The van der Waals surface area contributed by atoms with E-state index in [-0.39, 0.29) is 16.2 Å². The summed E-state index contributed by atoms with van der Waals surface area (Å²) in [6, 6.07) is 32.5. The second kappa shape index (κ2) is 5.81. The van der Waals surface area contributed by atoms with Crippen LogP contribution in [0.3, 0.4) is 0 Å². The zero-order valence-corrected chi connectivity index (χ0v) is 16.8. The van der Waals surface area contributed by atoms with Crippen LogP contribution >= 0.6 is 0 Å². The van der Waals surface area contributed by atoms with Crippen LogP contribution < -0.4 is 0 Å². The maximum absolute atomic E-state index is 16.7. The lowest BCUT2D eigenvalue weighted by Crippen LogP contribution is -2.67. The molecule has 4 saturated carbocycles. The van der Waals surface area contributed by atoms with Crippen molar-refractivity contribution >= 4 is 0 Å².